The summed E-state index contributed by atoms with van der Waals surface area (Å²) >= 11 is -2.88. The molecule has 9 nitrogen and oxygen atoms in total. The largest absolute Gasteiger partial charge is 1.00 e. The van der Waals surface area contributed by atoms with Crippen LogP contribution in [-0.4, -0.2) is 55.7 Å². The Labute approximate surface area is 255 Å². The number of nitrogens with zero attached hydrogens (tertiary/aromatic N) is 1. The molecule has 0 fully saturated rings. The molecule has 0 saturated carbocycles. The molecule has 0 rings (SSSR count). The van der Waals surface area contributed by atoms with Crippen LogP contribution < -0.4 is 154 Å². The second kappa shape index (κ2) is 13.9. The molecule has 4 atom stereocenters. The summed E-state index contributed by atoms with van der Waals surface area (Å²) in [7, 11) is -9.97. The maximum atomic E-state index is 10.8. The first kappa shape index (κ1) is 33.4. The summed E-state index contributed by atoms with van der Waals surface area (Å²) in [5.41, 5.74) is 0. The molecule has 0 aliphatic carbocycles. The zero-order valence-electron chi connectivity index (χ0n) is 12.7. The molecule has 21 heavy (non-hydrogen) atoms. The molecular weight excluding hydrogens is 428 g/mol. The van der Waals surface area contributed by atoms with Crippen LogP contribution in [0.3, 0.4) is 0 Å². The van der Waals surface area contributed by atoms with Crippen molar-refractivity contribution in [1.29, 1.82) is 0 Å². The van der Waals surface area contributed by atoms with E-state index in [1.807, 2.05) is 0 Å². The molecule has 110 valence electrons. The third kappa shape index (κ3) is 12.0. The Hall–Kier alpha value is 4.80. The van der Waals surface area contributed by atoms with Gasteiger partial charge in [-0.25, -0.2) is 16.8 Å². The van der Waals surface area contributed by atoms with E-state index in [0.29, 0.717) is 4.90 Å². The van der Waals surface area contributed by atoms with Crippen molar-refractivity contribution in [2.45, 2.75) is 36.9 Å². The third-order valence-electron chi connectivity index (χ3n) is 2.37. The van der Waals surface area contributed by atoms with Crippen LogP contribution in [0.5, 0.6) is 0 Å². The topological polar surface area (TPSA) is 158 Å². The standard InChI is InChI=1S/C6H15NO8S3.3K/c1-4(16(8)9)7(5(2)17(10,11)12)6(3)18(13,14)15;;;/h4-6H,1-3H3,(H,8,9)(H,10,11,12)(H,13,14,15);;;/q;3*+1/p-3. The Kier molecular flexibility index (Phi) is 22.1. The van der Waals surface area contributed by atoms with Crippen LogP contribution in [0.15, 0.2) is 0 Å². The molecule has 0 aliphatic heterocycles. The smallest absolute Gasteiger partial charge is 0.771 e. The van der Waals surface area contributed by atoms with Crippen molar-refractivity contribution in [1.82, 2.24) is 4.90 Å². The van der Waals surface area contributed by atoms with E-state index in [1.54, 1.807) is 0 Å². The fraction of sp³-hybridized carbons (Fsp3) is 1.00. The van der Waals surface area contributed by atoms with E-state index in [2.05, 4.69) is 0 Å². The molecular formula is C6H12K3NO8S3. The van der Waals surface area contributed by atoms with Crippen LogP contribution in [0.2, 0.25) is 0 Å². The van der Waals surface area contributed by atoms with Crippen molar-refractivity contribution in [3.8, 4) is 0 Å². The zero-order valence-corrected chi connectivity index (χ0v) is 24.5. The molecule has 0 aromatic rings. The van der Waals surface area contributed by atoms with Crippen LogP contribution >= 0.6 is 0 Å². The molecule has 15 heteroatoms. The summed E-state index contributed by atoms with van der Waals surface area (Å²) in [6, 6.07) is 0. The van der Waals surface area contributed by atoms with Crippen LogP contribution in [0.1, 0.15) is 20.8 Å². The van der Waals surface area contributed by atoms with Crippen molar-refractivity contribution in [3.05, 3.63) is 0 Å². The van der Waals surface area contributed by atoms with Gasteiger partial charge in [-0.15, -0.1) is 0 Å². The second-order valence-corrected chi connectivity index (χ2v) is 8.03. The van der Waals surface area contributed by atoms with Gasteiger partial charge in [-0.2, -0.15) is 0 Å². The molecule has 0 heterocycles. The minimum absolute atomic E-state index is 0. The maximum absolute atomic E-state index is 10.8. The van der Waals surface area contributed by atoms with Gasteiger partial charge in [0.25, 0.3) is 0 Å². The molecule has 0 amide bonds. The van der Waals surface area contributed by atoms with Crippen molar-refractivity contribution < 1.29 is 189 Å². The van der Waals surface area contributed by atoms with E-state index in [4.69, 9.17) is 0 Å². The Morgan fingerprint density at radius 2 is 1.10 bits per heavy atom. The third-order valence-corrected chi connectivity index (χ3v) is 5.33. The van der Waals surface area contributed by atoms with E-state index in [-0.39, 0.29) is 154 Å². The van der Waals surface area contributed by atoms with E-state index in [0.717, 1.165) is 20.8 Å². The first-order chi connectivity index (χ1) is 7.80. The van der Waals surface area contributed by atoms with Gasteiger partial charge in [0.05, 0.1) is 16.1 Å². The number of hydrogen-bond acceptors (Lipinski definition) is 9. The molecule has 0 radical (unpaired) electrons. The minimum atomic E-state index is -4.99. The SMILES string of the molecule is CC(N(C(C)S(=O)(=O)[O-])C(C)S(=O)(=O)[O-])S(=O)[O-].[K+].[K+].[K+]. The summed E-state index contributed by atoms with van der Waals surface area (Å²) in [4.78, 5) is 0.327. The van der Waals surface area contributed by atoms with E-state index in [1.165, 1.54) is 0 Å². The van der Waals surface area contributed by atoms with Crippen LogP contribution in [0.25, 0.3) is 0 Å². The van der Waals surface area contributed by atoms with E-state index < -0.39 is 47.4 Å². The minimum Gasteiger partial charge on any atom is -0.771 e. The summed E-state index contributed by atoms with van der Waals surface area (Å²) in [5.74, 6) is 0. The van der Waals surface area contributed by atoms with Crippen LogP contribution in [0.4, 0.5) is 0 Å². The van der Waals surface area contributed by atoms with Gasteiger partial charge in [-0.1, -0.05) is 0 Å². The Balaban J connectivity index is -0.000000482. The molecule has 0 bridgehead atoms. The van der Waals surface area contributed by atoms with Crippen LogP contribution in [-0.2, 0) is 31.3 Å². The van der Waals surface area contributed by atoms with Gasteiger partial charge >= 0.3 is 154 Å². The fourth-order valence-corrected chi connectivity index (χ4v) is 3.41. The molecule has 0 spiro atoms. The second-order valence-electron chi connectivity index (χ2n) is 3.49. The molecule has 0 aliphatic rings. The molecule has 0 saturated heterocycles. The maximum Gasteiger partial charge on any atom is 1.00 e. The molecule has 0 aromatic heterocycles. The van der Waals surface area contributed by atoms with Gasteiger partial charge in [0, 0.05) is 0 Å². The van der Waals surface area contributed by atoms with Gasteiger partial charge in [-0.05, 0) is 31.9 Å². The monoisotopic (exact) mass is 439 g/mol. The molecule has 4 unspecified atom stereocenters. The summed E-state index contributed by atoms with van der Waals surface area (Å²) < 4.78 is 86.6. The first-order valence-corrected chi connectivity index (χ1v) is 8.63. The van der Waals surface area contributed by atoms with Gasteiger partial charge in [0.1, 0.15) is 20.2 Å². The van der Waals surface area contributed by atoms with Crippen molar-refractivity contribution >= 4 is 31.3 Å². The predicted molar refractivity (Wildman–Crippen MR) is 58.5 cm³/mol. The Morgan fingerprint density at radius 3 is 1.24 bits per heavy atom. The summed E-state index contributed by atoms with van der Waals surface area (Å²) in [6.45, 7) is 2.59. The van der Waals surface area contributed by atoms with E-state index >= 15 is 0 Å². The van der Waals surface area contributed by atoms with Crippen molar-refractivity contribution in [3.63, 3.8) is 0 Å². The quantitative estimate of drug-likeness (QED) is 0.222. The summed E-state index contributed by atoms with van der Waals surface area (Å²) in [6.07, 6.45) is 0. The fourth-order valence-electron chi connectivity index (χ4n) is 1.28. The normalized spacial score (nSPS) is 17.5. The van der Waals surface area contributed by atoms with Gasteiger partial charge < -0.3 is 13.7 Å². The van der Waals surface area contributed by atoms with Gasteiger partial charge in [0.2, 0.25) is 0 Å². The average molecular weight is 440 g/mol. The zero-order chi connectivity index (χ0) is 14.9. The predicted octanol–water partition coefficient (Wildman–Crippen LogP) is -10.7. The van der Waals surface area contributed by atoms with Crippen LogP contribution in [0, 0.1) is 0 Å². The summed E-state index contributed by atoms with van der Waals surface area (Å²) in [5, 5.41) is -5.56. The van der Waals surface area contributed by atoms with Gasteiger partial charge in [-0.3, -0.25) is 9.11 Å². The molecule has 0 aromatic carbocycles. The number of hydrogen-bond donors (Lipinski definition) is 0. The Morgan fingerprint density at radius 1 is 0.857 bits per heavy atom. The average Bonchev–Trinajstić information content (AvgIpc) is 2.14. The number of rotatable bonds is 6. The first-order valence-electron chi connectivity index (χ1n) is 4.55. The Bertz CT molecular complexity index is 485. The van der Waals surface area contributed by atoms with Gasteiger partial charge in [0.15, 0.2) is 0 Å². The molecule has 0 N–H and O–H groups in total. The van der Waals surface area contributed by atoms with Crippen molar-refractivity contribution in [2.75, 3.05) is 0 Å². The van der Waals surface area contributed by atoms with E-state index in [9.17, 15) is 34.7 Å². The van der Waals surface area contributed by atoms with Crippen molar-refractivity contribution in [2.24, 2.45) is 0 Å².